The van der Waals surface area contributed by atoms with Gasteiger partial charge in [-0.15, -0.1) is 0 Å². The second-order valence-corrected chi connectivity index (χ2v) is 4.61. The summed E-state index contributed by atoms with van der Waals surface area (Å²) in [6, 6.07) is 7.51. The van der Waals surface area contributed by atoms with Crippen molar-refractivity contribution in [1.29, 1.82) is 0 Å². The number of likely N-dealkylation sites (N-methyl/N-ethyl adjacent to an activating group) is 1. The van der Waals surface area contributed by atoms with Gasteiger partial charge < -0.3 is 14.4 Å². The summed E-state index contributed by atoms with van der Waals surface area (Å²) in [6.07, 6.45) is -0.858. The van der Waals surface area contributed by atoms with Crippen LogP contribution in [0.25, 0.3) is 0 Å². The number of urea groups is 1. The van der Waals surface area contributed by atoms with Gasteiger partial charge in [0.05, 0.1) is 13.7 Å². The van der Waals surface area contributed by atoms with Crippen LogP contribution in [0, 0.1) is 0 Å². The molecule has 3 amide bonds. The third kappa shape index (κ3) is 3.13. The molecule has 7 heteroatoms. The molecule has 2 rings (SSSR count). The zero-order valence-electron chi connectivity index (χ0n) is 11.8. The van der Waals surface area contributed by atoms with Gasteiger partial charge in [0.15, 0.2) is 6.04 Å². The molecule has 0 radical (unpaired) electrons. The quantitative estimate of drug-likeness (QED) is 0.783. The van der Waals surface area contributed by atoms with E-state index >= 15 is 0 Å². The average molecular weight is 292 g/mol. The van der Waals surface area contributed by atoms with Crippen LogP contribution in [-0.4, -0.2) is 54.6 Å². The Morgan fingerprint density at radius 2 is 1.95 bits per heavy atom. The SMILES string of the molecule is COC(=O)[C@@H]1CN(C)C(=O)N1C(=O)OCc1ccccc1. The molecule has 21 heavy (non-hydrogen) atoms. The van der Waals surface area contributed by atoms with Crippen molar-refractivity contribution in [2.24, 2.45) is 0 Å². The smallest absolute Gasteiger partial charge is 0.419 e. The van der Waals surface area contributed by atoms with Gasteiger partial charge in [0, 0.05) is 7.05 Å². The zero-order chi connectivity index (χ0) is 15.4. The lowest BCUT2D eigenvalue weighted by atomic mass is 10.2. The molecule has 0 aliphatic carbocycles. The van der Waals surface area contributed by atoms with Crippen LogP contribution in [0.5, 0.6) is 0 Å². The van der Waals surface area contributed by atoms with Crippen molar-refractivity contribution in [2.75, 3.05) is 20.7 Å². The highest BCUT2D eigenvalue weighted by Crippen LogP contribution is 2.17. The van der Waals surface area contributed by atoms with Crippen molar-refractivity contribution >= 4 is 18.1 Å². The van der Waals surface area contributed by atoms with Crippen molar-refractivity contribution in [3.63, 3.8) is 0 Å². The van der Waals surface area contributed by atoms with Gasteiger partial charge in [-0.3, -0.25) is 0 Å². The first-order valence-electron chi connectivity index (χ1n) is 6.37. The van der Waals surface area contributed by atoms with Gasteiger partial charge in [-0.1, -0.05) is 30.3 Å². The summed E-state index contributed by atoms with van der Waals surface area (Å²) < 4.78 is 9.69. The fourth-order valence-electron chi connectivity index (χ4n) is 2.05. The number of benzene rings is 1. The van der Waals surface area contributed by atoms with E-state index in [1.165, 1.54) is 19.1 Å². The van der Waals surface area contributed by atoms with Crippen molar-refractivity contribution in [3.8, 4) is 0 Å². The fraction of sp³-hybridized carbons (Fsp3) is 0.357. The van der Waals surface area contributed by atoms with Gasteiger partial charge in [0.2, 0.25) is 0 Å². The van der Waals surface area contributed by atoms with Gasteiger partial charge in [-0.05, 0) is 5.56 Å². The summed E-state index contributed by atoms with van der Waals surface area (Å²) in [5.74, 6) is -0.649. The van der Waals surface area contributed by atoms with Gasteiger partial charge in [-0.25, -0.2) is 19.3 Å². The minimum atomic E-state index is -0.976. The molecule has 1 aromatic rings. The van der Waals surface area contributed by atoms with Crippen molar-refractivity contribution in [3.05, 3.63) is 35.9 Å². The number of hydrogen-bond acceptors (Lipinski definition) is 5. The Labute approximate surface area is 122 Å². The monoisotopic (exact) mass is 292 g/mol. The number of esters is 1. The number of carbonyl (C=O) groups is 3. The molecule has 1 atom stereocenters. The maximum absolute atomic E-state index is 12.1. The molecule has 1 aliphatic heterocycles. The number of ether oxygens (including phenoxy) is 2. The Balaban J connectivity index is 2.05. The Bertz CT molecular complexity index is 546. The summed E-state index contributed by atoms with van der Waals surface area (Å²) in [6.45, 7) is 0.118. The standard InChI is InChI=1S/C14H16N2O5/c1-15-8-11(12(17)20-2)16(13(15)18)14(19)21-9-10-6-4-3-5-7-10/h3-7,11H,8-9H2,1-2H3/t11-/m0/s1. The highest BCUT2D eigenvalue weighted by atomic mass is 16.6. The zero-order valence-corrected chi connectivity index (χ0v) is 11.8. The maximum atomic E-state index is 12.1. The van der Waals surface area contributed by atoms with E-state index in [1.54, 1.807) is 12.1 Å². The highest BCUT2D eigenvalue weighted by molar-refractivity contribution is 5.98. The molecule has 0 spiro atoms. The summed E-state index contributed by atoms with van der Waals surface area (Å²) >= 11 is 0. The Kier molecular flexibility index (Phi) is 4.42. The largest absolute Gasteiger partial charge is 0.467 e. The van der Waals surface area contributed by atoms with E-state index in [1.807, 2.05) is 18.2 Å². The number of hydrogen-bond donors (Lipinski definition) is 0. The molecule has 1 aliphatic rings. The van der Waals surface area contributed by atoms with Gasteiger partial charge in [0.1, 0.15) is 6.61 Å². The molecule has 7 nitrogen and oxygen atoms in total. The van der Waals surface area contributed by atoms with Crippen molar-refractivity contribution in [2.45, 2.75) is 12.6 Å². The van der Waals surface area contributed by atoms with E-state index in [0.717, 1.165) is 10.5 Å². The Hall–Kier alpha value is -2.57. The Morgan fingerprint density at radius 3 is 2.57 bits per heavy atom. The number of methoxy groups -OCH3 is 1. The van der Waals surface area contributed by atoms with Gasteiger partial charge in [-0.2, -0.15) is 0 Å². The molecule has 0 N–H and O–H groups in total. The lowest BCUT2D eigenvalue weighted by Crippen LogP contribution is -2.44. The molecule has 0 saturated carbocycles. The normalized spacial score (nSPS) is 17.8. The molecule has 0 aromatic heterocycles. The second-order valence-electron chi connectivity index (χ2n) is 4.61. The van der Waals surface area contributed by atoms with Gasteiger partial charge in [0.25, 0.3) is 0 Å². The van der Waals surface area contributed by atoms with Crippen LogP contribution in [0.3, 0.4) is 0 Å². The maximum Gasteiger partial charge on any atom is 0.419 e. The lowest BCUT2D eigenvalue weighted by Gasteiger charge is -2.18. The molecule has 1 saturated heterocycles. The summed E-state index contributed by atoms with van der Waals surface area (Å²) in [7, 11) is 2.71. The third-order valence-electron chi connectivity index (χ3n) is 3.17. The van der Waals surface area contributed by atoms with Crippen LogP contribution >= 0.6 is 0 Å². The molecule has 0 unspecified atom stereocenters. The van der Waals surface area contributed by atoms with Crippen molar-refractivity contribution in [1.82, 2.24) is 9.80 Å². The minimum Gasteiger partial charge on any atom is -0.467 e. The predicted octanol–water partition coefficient (Wildman–Crippen LogP) is 1.23. The first-order chi connectivity index (χ1) is 10.0. The van der Waals surface area contributed by atoms with Crippen molar-refractivity contribution < 1.29 is 23.9 Å². The molecule has 1 aromatic carbocycles. The molecule has 112 valence electrons. The fourth-order valence-corrected chi connectivity index (χ4v) is 2.05. The summed E-state index contributed by atoms with van der Waals surface area (Å²) in [5, 5.41) is 0. The summed E-state index contributed by atoms with van der Waals surface area (Å²) in [5.41, 5.74) is 0.792. The topological polar surface area (TPSA) is 76.2 Å². The first-order valence-corrected chi connectivity index (χ1v) is 6.37. The molecule has 1 fully saturated rings. The third-order valence-corrected chi connectivity index (χ3v) is 3.17. The van der Waals surface area contributed by atoms with E-state index in [0.29, 0.717) is 0 Å². The number of imide groups is 1. The van der Waals surface area contributed by atoms with Gasteiger partial charge >= 0.3 is 18.1 Å². The number of rotatable bonds is 3. The summed E-state index contributed by atoms with van der Waals surface area (Å²) in [4.78, 5) is 37.7. The average Bonchev–Trinajstić information content (AvgIpc) is 2.81. The lowest BCUT2D eigenvalue weighted by molar-refractivity contribution is -0.144. The van der Waals surface area contributed by atoms with Crippen LogP contribution in [0.4, 0.5) is 9.59 Å². The van der Waals surface area contributed by atoms with E-state index in [4.69, 9.17) is 4.74 Å². The van der Waals surface area contributed by atoms with E-state index in [9.17, 15) is 14.4 Å². The minimum absolute atomic E-state index is 0.0288. The second kappa shape index (κ2) is 6.25. The highest BCUT2D eigenvalue weighted by Gasteiger charge is 2.45. The molecular formula is C14H16N2O5. The number of carbonyl (C=O) groups excluding carboxylic acids is 3. The van der Waals surface area contributed by atoms with E-state index in [-0.39, 0.29) is 13.2 Å². The van der Waals surface area contributed by atoms with Crippen LogP contribution in [0.2, 0.25) is 0 Å². The van der Waals surface area contributed by atoms with Crippen LogP contribution in [-0.2, 0) is 20.9 Å². The van der Waals surface area contributed by atoms with E-state index < -0.39 is 24.1 Å². The molecular weight excluding hydrogens is 276 g/mol. The number of amides is 3. The van der Waals surface area contributed by atoms with Crippen LogP contribution in [0.15, 0.2) is 30.3 Å². The van der Waals surface area contributed by atoms with Crippen LogP contribution < -0.4 is 0 Å². The number of nitrogens with zero attached hydrogens (tertiary/aromatic N) is 2. The Morgan fingerprint density at radius 1 is 1.29 bits per heavy atom. The molecule has 0 bridgehead atoms. The van der Waals surface area contributed by atoms with E-state index in [2.05, 4.69) is 4.74 Å². The molecule has 1 heterocycles. The predicted molar refractivity (Wildman–Crippen MR) is 72.3 cm³/mol. The first kappa shape index (κ1) is 14.8. The van der Waals surface area contributed by atoms with Crippen LogP contribution in [0.1, 0.15) is 5.56 Å².